The number of amides is 1. The summed E-state index contributed by atoms with van der Waals surface area (Å²) in [5, 5.41) is 10.7. The van der Waals surface area contributed by atoms with Crippen molar-refractivity contribution in [2.24, 2.45) is 0 Å². The Morgan fingerprint density at radius 2 is 1.86 bits per heavy atom. The van der Waals surface area contributed by atoms with E-state index in [1.54, 1.807) is 6.07 Å². The van der Waals surface area contributed by atoms with Crippen molar-refractivity contribution in [1.29, 1.82) is 0 Å². The first kappa shape index (κ1) is 18.2. The number of benzene rings is 2. The summed E-state index contributed by atoms with van der Waals surface area (Å²) in [7, 11) is 0. The van der Waals surface area contributed by atoms with E-state index in [2.05, 4.69) is 15.6 Å². The molecule has 5 nitrogen and oxygen atoms in total. The van der Waals surface area contributed by atoms with Crippen LogP contribution in [0.25, 0.3) is 0 Å². The van der Waals surface area contributed by atoms with Gasteiger partial charge in [-0.3, -0.25) is 4.79 Å². The Kier molecular flexibility index (Phi) is 4.41. The molecule has 0 radical (unpaired) electrons. The zero-order valence-electron chi connectivity index (χ0n) is 14.8. The van der Waals surface area contributed by atoms with E-state index in [0.717, 1.165) is 30.5 Å². The Morgan fingerprint density at radius 1 is 1.11 bits per heavy atom. The van der Waals surface area contributed by atoms with Crippen molar-refractivity contribution < 1.29 is 18.0 Å². The van der Waals surface area contributed by atoms with E-state index in [1.165, 1.54) is 16.9 Å². The van der Waals surface area contributed by atoms with Crippen molar-refractivity contribution in [2.45, 2.75) is 31.1 Å². The van der Waals surface area contributed by atoms with Crippen LogP contribution in [0.1, 0.15) is 40.0 Å². The van der Waals surface area contributed by atoms with Crippen LogP contribution in [0.2, 0.25) is 0 Å². The van der Waals surface area contributed by atoms with Crippen LogP contribution in [0.15, 0.2) is 60.8 Å². The summed E-state index contributed by atoms with van der Waals surface area (Å²) in [6, 6.07) is 14.7. The molecule has 1 heterocycles. The minimum atomic E-state index is -4.40. The van der Waals surface area contributed by atoms with Crippen molar-refractivity contribution in [1.82, 2.24) is 20.3 Å². The number of hydrogen-bond acceptors (Lipinski definition) is 3. The lowest BCUT2D eigenvalue weighted by atomic mass is 10.1. The topological polar surface area (TPSA) is 59.8 Å². The number of nitrogens with one attached hydrogen (secondary N) is 1. The molecule has 1 aliphatic rings. The van der Waals surface area contributed by atoms with Gasteiger partial charge in [0.2, 0.25) is 0 Å². The molecule has 1 N–H and O–H groups in total. The van der Waals surface area contributed by atoms with Crippen LogP contribution in [0.3, 0.4) is 0 Å². The van der Waals surface area contributed by atoms with Gasteiger partial charge >= 0.3 is 6.18 Å². The molecule has 3 aromatic rings. The lowest BCUT2D eigenvalue weighted by Gasteiger charge is -2.16. The minimum Gasteiger partial charge on any atom is -0.341 e. The number of rotatable bonds is 5. The van der Waals surface area contributed by atoms with Gasteiger partial charge in [-0.15, -0.1) is 5.10 Å². The maximum atomic E-state index is 12.8. The molecule has 4 rings (SSSR count). The Labute approximate surface area is 159 Å². The van der Waals surface area contributed by atoms with E-state index in [4.69, 9.17) is 0 Å². The molecule has 144 valence electrons. The van der Waals surface area contributed by atoms with Crippen LogP contribution in [0.5, 0.6) is 0 Å². The van der Waals surface area contributed by atoms with Crippen molar-refractivity contribution in [2.75, 3.05) is 0 Å². The summed E-state index contributed by atoms with van der Waals surface area (Å²) < 4.78 is 39.9. The molecule has 1 fully saturated rings. The molecule has 0 aliphatic heterocycles. The molecule has 8 heteroatoms. The van der Waals surface area contributed by atoms with E-state index < -0.39 is 11.7 Å². The number of hydrogen-bond donors (Lipinski definition) is 1. The molecular formula is C20H17F3N4O. The third kappa shape index (κ3) is 3.76. The fraction of sp³-hybridized carbons (Fsp3) is 0.250. The van der Waals surface area contributed by atoms with Crippen LogP contribution in [0, 0.1) is 0 Å². The summed E-state index contributed by atoms with van der Waals surface area (Å²) in [6.45, 7) is 0.0913. The summed E-state index contributed by atoms with van der Waals surface area (Å²) in [5.41, 5.74) is 0.508. The zero-order chi connectivity index (χ0) is 19.8. The van der Waals surface area contributed by atoms with Crippen molar-refractivity contribution in [3.8, 4) is 0 Å². The largest absolute Gasteiger partial charge is 0.416 e. The molecule has 1 aromatic heterocycles. The quantitative estimate of drug-likeness (QED) is 0.726. The molecule has 0 atom stereocenters. The maximum absolute atomic E-state index is 12.8. The second-order valence-electron chi connectivity index (χ2n) is 6.90. The molecule has 0 bridgehead atoms. The molecule has 1 aliphatic carbocycles. The molecule has 1 saturated carbocycles. The van der Waals surface area contributed by atoms with Gasteiger partial charge in [0.15, 0.2) is 5.69 Å². The fourth-order valence-corrected chi connectivity index (χ4v) is 3.16. The Hall–Kier alpha value is -3.16. The molecule has 0 saturated heterocycles. The number of alkyl halides is 3. The van der Waals surface area contributed by atoms with Crippen molar-refractivity contribution in [3.63, 3.8) is 0 Å². The van der Waals surface area contributed by atoms with Gasteiger partial charge in [-0.1, -0.05) is 47.7 Å². The number of aromatic nitrogens is 3. The van der Waals surface area contributed by atoms with Gasteiger partial charge in [0, 0.05) is 0 Å². The highest BCUT2D eigenvalue weighted by molar-refractivity contribution is 5.92. The standard InChI is InChI=1S/C20H17F3N4O/c21-20(22,23)16-8-4-5-14(11-16)12-27-13-17(25-26-27)18(28)24-19(9-10-19)15-6-2-1-3-7-15/h1-8,11,13H,9-10,12H2,(H,24,28). The molecule has 2 aromatic carbocycles. The van der Waals surface area contributed by atoms with Gasteiger partial charge in [-0.05, 0) is 36.1 Å². The monoisotopic (exact) mass is 386 g/mol. The lowest BCUT2D eigenvalue weighted by Crippen LogP contribution is -2.35. The Bertz CT molecular complexity index is 994. The highest BCUT2D eigenvalue weighted by Crippen LogP contribution is 2.45. The van der Waals surface area contributed by atoms with Gasteiger partial charge < -0.3 is 5.32 Å². The minimum absolute atomic E-state index is 0.0913. The second-order valence-corrected chi connectivity index (χ2v) is 6.90. The van der Waals surface area contributed by atoms with E-state index >= 15 is 0 Å². The van der Waals surface area contributed by atoms with Crippen LogP contribution >= 0.6 is 0 Å². The predicted octanol–water partition coefficient (Wildman–Crippen LogP) is 3.76. The van der Waals surface area contributed by atoms with Crippen LogP contribution in [-0.4, -0.2) is 20.9 Å². The van der Waals surface area contributed by atoms with Crippen molar-refractivity contribution in [3.05, 3.63) is 83.2 Å². The van der Waals surface area contributed by atoms with Crippen molar-refractivity contribution >= 4 is 5.91 Å². The SMILES string of the molecule is O=C(NC1(c2ccccc2)CC1)c1cn(Cc2cccc(C(F)(F)F)c2)nn1. The summed E-state index contributed by atoms with van der Waals surface area (Å²) >= 11 is 0. The molecule has 0 spiro atoms. The molecular weight excluding hydrogens is 369 g/mol. The third-order valence-electron chi connectivity index (χ3n) is 4.80. The maximum Gasteiger partial charge on any atom is 0.416 e. The first-order valence-corrected chi connectivity index (χ1v) is 8.80. The van der Waals surface area contributed by atoms with E-state index in [-0.39, 0.29) is 23.7 Å². The number of halogens is 3. The Balaban J connectivity index is 1.46. The number of nitrogens with zero attached hydrogens (tertiary/aromatic N) is 3. The Morgan fingerprint density at radius 3 is 2.54 bits per heavy atom. The number of carbonyl (C=O) groups is 1. The lowest BCUT2D eigenvalue weighted by molar-refractivity contribution is -0.137. The average molecular weight is 386 g/mol. The average Bonchev–Trinajstić information content (AvgIpc) is 3.31. The van der Waals surface area contributed by atoms with Crippen LogP contribution < -0.4 is 5.32 Å². The number of carbonyl (C=O) groups excluding carboxylic acids is 1. The van der Waals surface area contributed by atoms with Gasteiger partial charge in [0.1, 0.15) is 0 Å². The highest BCUT2D eigenvalue weighted by atomic mass is 19.4. The summed E-state index contributed by atoms with van der Waals surface area (Å²) in [6.07, 6.45) is -1.27. The van der Waals surface area contributed by atoms with Crippen LogP contribution in [0.4, 0.5) is 13.2 Å². The van der Waals surface area contributed by atoms with E-state index in [9.17, 15) is 18.0 Å². The molecule has 1 amide bonds. The predicted molar refractivity (Wildman–Crippen MR) is 95.4 cm³/mol. The normalized spacial score (nSPS) is 15.2. The molecule has 0 unspecified atom stereocenters. The van der Waals surface area contributed by atoms with E-state index in [1.807, 2.05) is 30.3 Å². The molecule has 28 heavy (non-hydrogen) atoms. The van der Waals surface area contributed by atoms with Crippen LogP contribution in [-0.2, 0) is 18.3 Å². The first-order chi connectivity index (χ1) is 13.4. The third-order valence-corrected chi connectivity index (χ3v) is 4.80. The van der Waals surface area contributed by atoms with Gasteiger partial charge in [0.25, 0.3) is 5.91 Å². The zero-order valence-corrected chi connectivity index (χ0v) is 14.8. The fourth-order valence-electron chi connectivity index (χ4n) is 3.16. The van der Waals surface area contributed by atoms with Gasteiger partial charge in [-0.2, -0.15) is 13.2 Å². The summed E-state index contributed by atoms with van der Waals surface area (Å²) in [4.78, 5) is 12.5. The smallest absolute Gasteiger partial charge is 0.341 e. The van der Waals surface area contributed by atoms with Gasteiger partial charge in [-0.25, -0.2) is 4.68 Å². The first-order valence-electron chi connectivity index (χ1n) is 8.80. The highest BCUT2D eigenvalue weighted by Gasteiger charge is 2.45. The van der Waals surface area contributed by atoms with E-state index in [0.29, 0.717) is 5.56 Å². The second kappa shape index (κ2) is 6.78. The summed E-state index contributed by atoms with van der Waals surface area (Å²) in [5.74, 6) is -0.350. The van der Waals surface area contributed by atoms with Gasteiger partial charge in [0.05, 0.1) is 23.8 Å².